The molecule has 4 rings (SSSR count). The highest BCUT2D eigenvalue weighted by atomic mass is 32.1. The lowest BCUT2D eigenvalue weighted by molar-refractivity contribution is 0.586. The lowest BCUT2D eigenvalue weighted by atomic mass is 10.1. The van der Waals surface area contributed by atoms with Crippen molar-refractivity contribution in [3.05, 3.63) is 57.2 Å². The highest BCUT2D eigenvalue weighted by Gasteiger charge is 2.19. The number of aryl methyl sites for hydroxylation is 2. The lowest BCUT2D eigenvalue weighted by Gasteiger charge is -2.12. The van der Waals surface area contributed by atoms with E-state index in [4.69, 9.17) is 0 Å². The average molecular weight is 340 g/mol. The lowest BCUT2D eigenvalue weighted by Crippen LogP contribution is -2.25. The summed E-state index contributed by atoms with van der Waals surface area (Å²) in [4.78, 5) is 23.8. The SMILES string of the molecule is O=c1c2c3c(sc2ncn1CCCCc1ccccn1)CNCC3. The van der Waals surface area contributed by atoms with Crippen LogP contribution in [0.25, 0.3) is 10.2 Å². The van der Waals surface area contributed by atoms with E-state index in [0.29, 0.717) is 0 Å². The van der Waals surface area contributed by atoms with Gasteiger partial charge >= 0.3 is 0 Å². The molecule has 0 atom stereocenters. The number of unbranched alkanes of at least 4 members (excludes halogenated alkanes) is 1. The Labute approximate surface area is 144 Å². The molecule has 0 amide bonds. The van der Waals surface area contributed by atoms with Gasteiger partial charge in [-0.1, -0.05) is 6.07 Å². The molecule has 0 unspecified atom stereocenters. The molecule has 6 heteroatoms. The second kappa shape index (κ2) is 6.83. The van der Waals surface area contributed by atoms with Crippen LogP contribution in [-0.4, -0.2) is 21.1 Å². The Kier molecular flexibility index (Phi) is 4.40. The maximum Gasteiger partial charge on any atom is 0.262 e. The van der Waals surface area contributed by atoms with Crippen molar-refractivity contribution in [3.63, 3.8) is 0 Å². The Hall–Kier alpha value is -2.05. The standard InChI is InChI=1S/C18H20N4OS/c23-18-16-14-7-9-19-11-15(14)24-17(16)21-12-22(18)10-4-2-6-13-5-1-3-8-20-13/h1,3,5,8,12,19H,2,4,6-7,9-11H2. The summed E-state index contributed by atoms with van der Waals surface area (Å²) in [5.74, 6) is 0. The third kappa shape index (κ3) is 2.99. The first-order chi connectivity index (χ1) is 11.8. The van der Waals surface area contributed by atoms with Crippen molar-refractivity contribution >= 4 is 21.6 Å². The van der Waals surface area contributed by atoms with Crippen LogP contribution >= 0.6 is 11.3 Å². The summed E-state index contributed by atoms with van der Waals surface area (Å²) in [7, 11) is 0. The number of hydrogen-bond acceptors (Lipinski definition) is 5. The molecule has 124 valence electrons. The number of fused-ring (bicyclic) bond motifs is 3. The summed E-state index contributed by atoms with van der Waals surface area (Å²) >= 11 is 1.65. The second-order valence-electron chi connectivity index (χ2n) is 6.13. The Balaban J connectivity index is 1.48. The zero-order valence-corrected chi connectivity index (χ0v) is 14.3. The minimum absolute atomic E-state index is 0.122. The zero-order valence-electron chi connectivity index (χ0n) is 13.5. The summed E-state index contributed by atoms with van der Waals surface area (Å²) in [6.45, 7) is 2.52. The highest BCUT2D eigenvalue weighted by molar-refractivity contribution is 7.18. The van der Waals surface area contributed by atoms with Crippen molar-refractivity contribution in [2.45, 2.75) is 38.8 Å². The third-order valence-corrected chi connectivity index (χ3v) is 5.65. The smallest absolute Gasteiger partial charge is 0.262 e. The molecule has 0 fully saturated rings. The van der Waals surface area contributed by atoms with Crippen LogP contribution in [0.15, 0.2) is 35.5 Å². The van der Waals surface area contributed by atoms with E-state index in [2.05, 4.69) is 15.3 Å². The molecule has 1 N–H and O–H groups in total. The molecule has 0 spiro atoms. The van der Waals surface area contributed by atoms with Crippen LogP contribution in [0.5, 0.6) is 0 Å². The van der Waals surface area contributed by atoms with Gasteiger partial charge in [0, 0.05) is 29.9 Å². The number of pyridine rings is 1. The molecule has 0 saturated heterocycles. The van der Waals surface area contributed by atoms with Crippen molar-refractivity contribution in [2.75, 3.05) is 6.54 Å². The average Bonchev–Trinajstić information content (AvgIpc) is 3.00. The summed E-state index contributed by atoms with van der Waals surface area (Å²) in [6, 6.07) is 5.99. The number of rotatable bonds is 5. The van der Waals surface area contributed by atoms with Gasteiger partial charge in [0.2, 0.25) is 0 Å². The van der Waals surface area contributed by atoms with E-state index >= 15 is 0 Å². The molecule has 4 heterocycles. The van der Waals surface area contributed by atoms with Gasteiger partial charge in [-0.3, -0.25) is 14.3 Å². The number of aromatic nitrogens is 3. The van der Waals surface area contributed by atoms with Crippen LogP contribution in [0.3, 0.4) is 0 Å². The molecule has 0 saturated carbocycles. The minimum Gasteiger partial charge on any atom is -0.312 e. The third-order valence-electron chi connectivity index (χ3n) is 4.51. The maximum atomic E-state index is 12.8. The van der Waals surface area contributed by atoms with Gasteiger partial charge in [0.1, 0.15) is 4.83 Å². The molecule has 3 aromatic rings. The largest absolute Gasteiger partial charge is 0.312 e. The molecule has 0 bridgehead atoms. The van der Waals surface area contributed by atoms with Gasteiger partial charge in [0.15, 0.2) is 0 Å². The van der Waals surface area contributed by atoms with E-state index in [1.54, 1.807) is 22.2 Å². The van der Waals surface area contributed by atoms with E-state index in [0.717, 1.165) is 61.2 Å². The maximum absolute atomic E-state index is 12.8. The molecule has 0 aromatic carbocycles. The van der Waals surface area contributed by atoms with Crippen molar-refractivity contribution in [2.24, 2.45) is 0 Å². The quantitative estimate of drug-likeness (QED) is 0.725. The van der Waals surface area contributed by atoms with Crippen LogP contribution in [0.4, 0.5) is 0 Å². The first-order valence-electron chi connectivity index (χ1n) is 8.43. The van der Waals surface area contributed by atoms with Crippen LogP contribution in [0.2, 0.25) is 0 Å². The molecule has 1 aliphatic rings. The first kappa shape index (κ1) is 15.5. The highest BCUT2D eigenvalue weighted by Crippen LogP contribution is 2.29. The molecule has 3 aromatic heterocycles. The molecule has 1 aliphatic heterocycles. The fourth-order valence-corrected chi connectivity index (χ4v) is 4.39. The van der Waals surface area contributed by atoms with Gasteiger partial charge < -0.3 is 5.32 Å². The summed E-state index contributed by atoms with van der Waals surface area (Å²) in [5.41, 5.74) is 2.45. The first-order valence-corrected chi connectivity index (χ1v) is 9.25. The molecular formula is C18H20N4OS. The molecule has 5 nitrogen and oxygen atoms in total. The number of nitrogens with one attached hydrogen (secondary N) is 1. The Morgan fingerprint density at radius 1 is 1.25 bits per heavy atom. The van der Waals surface area contributed by atoms with Gasteiger partial charge in [0.05, 0.1) is 11.7 Å². The monoisotopic (exact) mass is 340 g/mol. The van der Waals surface area contributed by atoms with Gasteiger partial charge in [0.25, 0.3) is 5.56 Å². The normalized spacial score (nSPS) is 14.0. The fraction of sp³-hybridized carbons (Fsp3) is 0.389. The van der Waals surface area contributed by atoms with Gasteiger partial charge in [-0.2, -0.15) is 0 Å². The van der Waals surface area contributed by atoms with Crippen LogP contribution in [0.1, 0.15) is 29.0 Å². The summed E-state index contributed by atoms with van der Waals surface area (Å²) in [5, 5.41) is 4.21. The van der Waals surface area contributed by atoms with Gasteiger partial charge in [-0.25, -0.2) is 4.98 Å². The van der Waals surface area contributed by atoms with Crippen molar-refractivity contribution in [1.29, 1.82) is 0 Å². The molecular weight excluding hydrogens is 320 g/mol. The predicted molar refractivity (Wildman–Crippen MR) is 96.5 cm³/mol. The van der Waals surface area contributed by atoms with Crippen molar-refractivity contribution in [1.82, 2.24) is 19.9 Å². The Morgan fingerprint density at radius 3 is 3.08 bits per heavy atom. The van der Waals surface area contributed by atoms with Crippen molar-refractivity contribution in [3.8, 4) is 0 Å². The predicted octanol–water partition coefficient (Wildman–Crippen LogP) is 2.52. The second-order valence-corrected chi connectivity index (χ2v) is 7.22. The van der Waals surface area contributed by atoms with Crippen LogP contribution < -0.4 is 10.9 Å². The van der Waals surface area contributed by atoms with E-state index in [1.807, 2.05) is 24.4 Å². The van der Waals surface area contributed by atoms with Crippen LogP contribution in [-0.2, 0) is 25.9 Å². The number of hydrogen-bond donors (Lipinski definition) is 1. The van der Waals surface area contributed by atoms with Gasteiger partial charge in [-0.15, -0.1) is 11.3 Å². The van der Waals surface area contributed by atoms with Crippen molar-refractivity contribution < 1.29 is 0 Å². The van der Waals surface area contributed by atoms with E-state index < -0.39 is 0 Å². The number of nitrogens with zero attached hydrogens (tertiary/aromatic N) is 3. The zero-order chi connectivity index (χ0) is 16.4. The van der Waals surface area contributed by atoms with Gasteiger partial charge in [-0.05, 0) is 49.9 Å². The minimum atomic E-state index is 0.122. The molecule has 0 aliphatic carbocycles. The van der Waals surface area contributed by atoms with E-state index in [1.165, 1.54) is 10.4 Å². The van der Waals surface area contributed by atoms with E-state index in [9.17, 15) is 4.79 Å². The van der Waals surface area contributed by atoms with Crippen LogP contribution in [0, 0.1) is 0 Å². The summed E-state index contributed by atoms with van der Waals surface area (Å²) in [6.07, 6.45) is 7.39. The fourth-order valence-electron chi connectivity index (χ4n) is 3.24. The number of thiophene rings is 1. The molecule has 24 heavy (non-hydrogen) atoms. The Bertz CT molecular complexity index is 901. The summed E-state index contributed by atoms with van der Waals surface area (Å²) < 4.78 is 1.77. The Morgan fingerprint density at radius 2 is 2.21 bits per heavy atom. The van der Waals surface area contributed by atoms with E-state index in [-0.39, 0.29) is 5.56 Å². The topological polar surface area (TPSA) is 59.8 Å². The molecule has 0 radical (unpaired) electrons.